The predicted octanol–water partition coefficient (Wildman–Crippen LogP) is 1.12. The maximum atomic E-state index is 11.2. The zero-order valence-electron chi connectivity index (χ0n) is 10.3. The van der Waals surface area contributed by atoms with Crippen LogP contribution < -0.4 is 5.32 Å². The van der Waals surface area contributed by atoms with Crippen LogP contribution in [0.5, 0.6) is 0 Å². The molecule has 2 N–H and O–H groups in total. The van der Waals surface area contributed by atoms with Crippen LogP contribution in [-0.4, -0.2) is 32.0 Å². The molecule has 0 spiro atoms. The van der Waals surface area contributed by atoms with Gasteiger partial charge >= 0.3 is 5.97 Å². The SMILES string of the molecule is O=C(O)CC(=O)NCc1cn(-c2ccccc2Br)nn1. The van der Waals surface area contributed by atoms with Crippen LogP contribution in [0.25, 0.3) is 5.69 Å². The minimum Gasteiger partial charge on any atom is -0.481 e. The van der Waals surface area contributed by atoms with Crippen molar-refractivity contribution in [3.8, 4) is 5.69 Å². The van der Waals surface area contributed by atoms with Crippen LogP contribution in [0.4, 0.5) is 0 Å². The molecule has 1 heterocycles. The number of carbonyl (C=O) groups is 2. The molecule has 20 heavy (non-hydrogen) atoms. The molecular weight excluding hydrogens is 328 g/mol. The van der Waals surface area contributed by atoms with Gasteiger partial charge in [-0.05, 0) is 28.1 Å². The number of nitrogens with zero attached hydrogens (tertiary/aromatic N) is 3. The van der Waals surface area contributed by atoms with Gasteiger partial charge in [0.25, 0.3) is 0 Å². The number of hydrogen-bond acceptors (Lipinski definition) is 4. The minimum atomic E-state index is -1.17. The maximum Gasteiger partial charge on any atom is 0.312 e. The van der Waals surface area contributed by atoms with Crippen molar-refractivity contribution < 1.29 is 14.7 Å². The summed E-state index contributed by atoms with van der Waals surface area (Å²) in [6.07, 6.45) is 1.11. The molecule has 0 fully saturated rings. The van der Waals surface area contributed by atoms with E-state index in [9.17, 15) is 9.59 Å². The lowest BCUT2D eigenvalue weighted by Crippen LogP contribution is -2.25. The number of nitrogens with one attached hydrogen (secondary N) is 1. The van der Waals surface area contributed by atoms with Crippen molar-refractivity contribution in [2.24, 2.45) is 0 Å². The summed E-state index contributed by atoms with van der Waals surface area (Å²) in [6, 6.07) is 7.50. The third kappa shape index (κ3) is 3.64. The summed E-state index contributed by atoms with van der Waals surface area (Å²) < 4.78 is 2.44. The molecule has 1 aromatic carbocycles. The summed E-state index contributed by atoms with van der Waals surface area (Å²) in [5.74, 6) is -1.73. The molecule has 0 aliphatic rings. The van der Waals surface area contributed by atoms with Crippen molar-refractivity contribution in [2.75, 3.05) is 0 Å². The van der Waals surface area contributed by atoms with Crippen molar-refractivity contribution in [3.63, 3.8) is 0 Å². The molecule has 1 aromatic heterocycles. The van der Waals surface area contributed by atoms with Gasteiger partial charge in [0, 0.05) is 4.47 Å². The Bertz CT molecular complexity index is 641. The van der Waals surface area contributed by atoms with E-state index in [0.29, 0.717) is 5.69 Å². The lowest BCUT2D eigenvalue weighted by Gasteiger charge is -2.02. The van der Waals surface area contributed by atoms with E-state index in [1.807, 2.05) is 24.3 Å². The summed E-state index contributed by atoms with van der Waals surface area (Å²) in [4.78, 5) is 21.6. The number of carbonyl (C=O) groups excluding carboxylic acids is 1. The van der Waals surface area contributed by atoms with Crippen LogP contribution in [0.1, 0.15) is 12.1 Å². The summed E-state index contributed by atoms with van der Waals surface area (Å²) >= 11 is 3.41. The molecule has 2 aromatic rings. The van der Waals surface area contributed by atoms with E-state index in [1.165, 1.54) is 0 Å². The van der Waals surface area contributed by atoms with Crippen molar-refractivity contribution in [1.82, 2.24) is 20.3 Å². The lowest BCUT2D eigenvalue weighted by molar-refractivity contribution is -0.140. The van der Waals surface area contributed by atoms with Gasteiger partial charge in [0.2, 0.25) is 5.91 Å². The Morgan fingerprint density at radius 1 is 1.35 bits per heavy atom. The Morgan fingerprint density at radius 2 is 2.10 bits per heavy atom. The second-order valence-electron chi connectivity index (χ2n) is 3.95. The summed E-state index contributed by atoms with van der Waals surface area (Å²) in [5, 5.41) is 18.8. The predicted molar refractivity (Wildman–Crippen MR) is 73.2 cm³/mol. The molecule has 0 radical (unpaired) electrons. The van der Waals surface area contributed by atoms with Crippen LogP contribution in [0.3, 0.4) is 0 Å². The molecule has 8 heteroatoms. The van der Waals surface area contributed by atoms with Gasteiger partial charge in [-0.15, -0.1) is 5.10 Å². The van der Waals surface area contributed by atoms with Crippen LogP contribution in [-0.2, 0) is 16.1 Å². The molecule has 0 bridgehead atoms. The highest BCUT2D eigenvalue weighted by Crippen LogP contribution is 2.19. The third-order valence-electron chi connectivity index (χ3n) is 2.42. The van der Waals surface area contributed by atoms with Crippen molar-refractivity contribution in [3.05, 3.63) is 40.6 Å². The van der Waals surface area contributed by atoms with E-state index in [2.05, 4.69) is 31.6 Å². The second-order valence-corrected chi connectivity index (χ2v) is 4.81. The highest BCUT2D eigenvalue weighted by Gasteiger charge is 2.09. The van der Waals surface area contributed by atoms with E-state index in [1.54, 1.807) is 10.9 Å². The van der Waals surface area contributed by atoms with Crippen LogP contribution in [0, 0.1) is 0 Å². The molecule has 104 valence electrons. The van der Waals surface area contributed by atoms with Crippen LogP contribution >= 0.6 is 15.9 Å². The van der Waals surface area contributed by atoms with Crippen LogP contribution in [0.15, 0.2) is 34.9 Å². The Kier molecular flexibility index (Phi) is 4.46. The number of carboxylic acids is 1. The topological polar surface area (TPSA) is 97.1 Å². The van der Waals surface area contributed by atoms with Crippen molar-refractivity contribution >= 4 is 27.8 Å². The van der Waals surface area contributed by atoms with E-state index in [-0.39, 0.29) is 6.54 Å². The number of amides is 1. The highest BCUT2D eigenvalue weighted by atomic mass is 79.9. The van der Waals surface area contributed by atoms with Gasteiger partial charge in [0.15, 0.2) is 0 Å². The Morgan fingerprint density at radius 3 is 2.80 bits per heavy atom. The molecular formula is C12H11BrN4O3. The first kappa shape index (κ1) is 14.2. The van der Waals surface area contributed by atoms with Gasteiger partial charge in [-0.1, -0.05) is 17.3 Å². The standard InChI is InChI=1S/C12H11BrN4O3/c13-9-3-1-2-4-10(9)17-7-8(15-16-17)6-14-11(18)5-12(19)20/h1-4,7H,5-6H2,(H,14,18)(H,19,20). The van der Waals surface area contributed by atoms with Gasteiger partial charge in [-0.2, -0.15) is 0 Å². The minimum absolute atomic E-state index is 0.135. The third-order valence-corrected chi connectivity index (χ3v) is 3.09. The number of halogens is 1. The average molecular weight is 339 g/mol. The Hall–Kier alpha value is -2.22. The summed E-state index contributed by atoms with van der Waals surface area (Å²) in [5.41, 5.74) is 1.36. The number of rotatable bonds is 5. The van der Waals surface area contributed by atoms with Crippen molar-refractivity contribution in [2.45, 2.75) is 13.0 Å². The van der Waals surface area contributed by atoms with E-state index in [0.717, 1.165) is 10.2 Å². The van der Waals surface area contributed by atoms with Crippen molar-refractivity contribution in [1.29, 1.82) is 0 Å². The molecule has 2 rings (SSSR count). The highest BCUT2D eigenvalue weighted by molar-refractivity contribution is 9.10. The summed E-state index contributed by atoms with van der Waals surface area (Å²) in [6.45, 7) is 0.135. The van der Waals surface area contributed by atoms with Gasteiger partial charge in [-0.3, -0.25) is 9.59 Å². The van der Waals surface area contributed by atoms with Gasteiger partial charge in [0.05, 0.1) is 18.4 Å². The number of para-hydroxylation sites is 1. The molecule has 1 amide bonds. The fourth-order valence-corrected chi connectivity index (χ4v) is 1.99. The van der Waals surface area contributed by atoms with E-state index < -0.39 is 18.3 Å². The number of aliphatic carboxylic acids is 1. The van der Waals surface area contributed by atoms with E-state index >= 15 is 0 Å². The molecule has 0 aliphatic heterocycles. The van der Waals surface area contributed by atoms with E-state index in [4.69, 9.17) is 5.11 Å². The Labute approximate surface area is 122 Å². The zero-order valence-corrected chi connectivity index (χ0v) is 11.9. The zero-order chi connectivity index (χ0) is 14.5. The molecule has 0 saturated heterocycles. The monoisotopic (exact) mass is 338 g/mol. The number of benzene rings is 1. The van der Waals surface area contributed by atoms with Gasteiger partial charge in [0.1, 0.15) is 12.1 Å². The summed E-state index contributed by atoms with van der Waals surface area (Å²) in [7, 11) is 0. The first-order valence-electron chi connectivity index (χ1n) is 5.71. The lowest BCUT2D eigenvalue weighted by atomic mass is 10.3. The first-order valence-corrected chi connectivity index (χ1v) is 6.50. The second kappa shape index (κ2) is 6.29. The molecule has 0 unspecified atom stereocenters. The first-order chi connectivity index (χ1) is 9.56. The largest absolute Gasteiger partial charge is 0.481 e. The normalized spacial score (nSPS) is 10.2. The molecule has 0 atom stereocenters. The smallest absolute Gasteiger partial charge is 0.312 e. The average Bonchev–Trinajstić information content (AvgIpc) is 2.85. The van der Waals surface area contributed by atoms with Gasteiger partial charge < -0.3 is 10.4 Å². The Balaban J connectivity index is 2.01. The fraction of sp³-hybridized carbons (Fsp3) is 0.167. The molecule has 7 nitrogen and oxygen atoms in total. The molecule has 0 saturated carbocycles. The number of carboxylic acid groups (broad SMARTS) is 1. The number of aromatic nitrogens is 3. The van der Waals surface area contributed by atoms with Gasteiger partial charge in [-0.25, -0.2) is 4.68 Å². The fourth-order valence-electron chi connectivity index (χ4n) is 1.52. The van der Waals surface area contributed by atoms with Crippen LogP contribution in [0.2, 0.25) is 0 Å². The number of hydrogen-bond donors (Lipinski definition) is 2. The quantitative estimate of drug-likeness (QED) is 0.796. The maximum absolute atomic E-state index is 11.2. The molecule has 0 aliphatic carbocycles.